The van der Waals surface area contributed by atoms with Gasteiger partial charge in [0, 0.05) is 30.6 Å². The Kier molecular flexibility index (Phi) is 4.84. The molecule has 0 amide bonds. The van der Waals surface area contributed by atoms with Crippen LogP contribution in [0.5, 0.6) is 0 Å². The quantitative estimate of drug-likeness (QED) is 0.890. The third-order valence-electron chi connectivity index (χ3n) is 4.12. The van der Waals surface area contributed by atoms with Crippen LogP contribution < -0.4 is 10.2 Å². The third kappa shape index (κ3) is 2.89. The van der Waals surface area contributed by atoms with Crippen LogP contribution in [-0.2, 0) is 0 Å². The average Bonchev–Trinajstić information content (AvgIpc) is 2.89. The maximum atomic E-state index is 4.87. The van der Waals surface area contributed by atoms with E-state index in [4.69, 9.17) is 9.97 Å². The molecule has 1 aromatic rings. The highest BCUT2D eigenvalue weighted by atomic mass is 15.2. The molecule has 0 radical (unpaired) electrons. The third-order valence-corrected chi connectivity index (χ3v) is 4.12. The second kappa shape index (κ2) is 6.42. The molecule has 2 heterocycles. The minimum absolute atomic E-state index is 0.356. The van der Waals surface area contributed by atoms with Gasteiger partial charge < -0.3 is 10.2 Å². The van der Waals surface area contributed by atoms with Gasteiger partial charge in [0.15, 0.2) is 0 Å². The molecular weight excluding hydrogens is 248 g/mol. The van der Waals surface area contributed by atoms with Crippen LogP contribution in [0.15, 0.2) is 0 Å². The molecule has 0 aromatic carbocycles. The summed E-state index contributed by atoms with van der Waals surface area (Å²) < 4.78 is 0. The number of nitrogens with zero attached hydrogens (tertiary/aromatic N) is 3. The Balaban J connectivity index is 2.44. The molecular formula is C16H28N4. The average molecular weight is 276 g/mol. The summed E-state index contributed by atoms with van der Waals surface area (Å²) in [6.45, 7) is 12.9. The van der Waals surface area contributed by atoms with Crippen molar-refractivity contribution in [2.45, 2.75) is 65.8 Å². The molecule has 1 fully saturated rings. The molecule has 0 aliphatic carbocycles. The molecule has 4 heteroatoms. The van der Waals surface area contributed by atoms with Crippen molar-refractivity contribution < 1.29 is 0 Å². The lowest BCUT2D eigenvalue weighted by Crippen LogP contribution is -2.31. The number of aromatic nitrogens is 2. The van der Waals surface area contributed by atoms with E-state index in [1.807, 2.05) is 0 Å². The Bertz CT molecular complexity index is 456. The Morgan fingerprint density at radius 3 is 2.65 bits per heavy atom. The summed E-state index contributed by atoms with van der Waals surface area (Å²) >= 11 is 0. The van der Waals surface area contributed by atoms with E-state index in [0.717, 1.165) is 30.5 Å². The highest BCUT2D eigenvalue weighted by Gasteiger charge is 2.27. The van der Waals surface area contributed by atoms with Crippen molar-refractivity contribution in [3.05, 3.63) is 11.4 Å². The first-order chi connectivity index (χ1) is 9.58. The van der Waals surface area contributed by atoms with Crippen LogP contribution in [-0.4, -0.2) is 29.1 Å². The molecule has 1 atom stereocenters. The smallest absolute Gasteiger partial charge is 0.137 e. The zero-order valence-electron chi connectivity index (χ0n) is 13.5. The maximum Gasteiger partial charge on any atom is 0.137 e. The van der Waals surface area contributed by atoms with Crippen LogP contribution in [0.1, 0.15) is 64.3 Å². The predicted octanol–water partition coefficient (Wildman–Crippen LogP) is 3.72. The second-order valence-corrected chi connectivity index (χ2v) is 5.96. The number of rotatable bonds is 5. The Morgan fingerprint density at radius 1 is 1.30 bits per heavy atom. The summed E-state index contributed by atoms with van der Waals surface area (Å²) in [7, 11) is 0. The Labute approximate surface area is 123 Å². The van der Waals surface area contributed by atoms with Crippen molar-refractivity contribution in [1.29, 1.82) is 0 Å². The molecule has 1 unspecified atom stereocenters. The predicted molar refractivity (Wildman–Crippen MR) is 85.7 cm³/mol. The largest absolute Gasteiger partial charge is 0.370 e. The van der Waals surface area contributed by atoms with E-state index >= 15 is 0 Å². The monoisotopic (exact) mass is 276 g/mol. The van der Waals surface area contributed by atoms with E-state index in [0.29, 0.717) is 12.0 Å². The Morgan fingerprint density at radius 2 is 2.05 bits per heavy atom. The molecule has 112 valence electrons. The second-order valence-electron chi connectivity index (χ2n) is 5.96. The van der Waals surface area contributed by atoms with Crippen molar-refractivity contribution in [1.82, 2.24) is 9.97 Å². The van der Waals surface area contributed by atoms with Crippen LogP contribution in [0.4, 0.5) is 11.6 Å². The Hall–Kier alpha value is -1.32. The molecule has 4 nitrogen and oxygen atoms in total. The van der Waals surface area contributed by atoms with Crippen LogP contribution in [0.2, 0.25) is 0 Å². The SMILES string of the molecule is CCNc1nc(C(C)C)nc(N2CCCC2CC)c1C. The van der Waals surface area contributed by atoms with Crippen molar-refractivity contribution in [3.63, 3.8) is 0 Å². The van der Waals surface area contributed by atoms with Crippen LogP contribution in [0.3, 0.4) is 0 Å². The topological polar surface area (TPSA) is 41.1 Å². The van der Waals surface area contributed by atoms with Crippen LogP contribution in [0, 0.1) is 6.92 Å². The van der Waals surface area contributed by atoms with E-state index in [2.05, 4.69) is 44.8 Å². The lowest BCUT2D eigenvalue weighted by molar-refractivity contribution is 0.634. The fourth-order valence-corrected chi connectivity index (χ4v) is 2.94. The van der Waals surface area contributed by atoms with Crippen molar-refractivity contribution >= 4 is 11.6 Å². The number of hydrogen-bond acceptors (Lipinski definition) is 4. The molecule has 1 saturated heterocycles. The fraction of sp³-hybridized carbons (Fsp3) is 0.750. The lowest BCUT2D eigenvalue weighted by atomic mass is 10.1. The maximum absolute atomic E-state index is 4.87. The van der Waals surface area contributed by atoms with E-state index in [9.17, 15) is 0 Å². The number of anilines is 2. The van der Waals surface area contributed by atoms with Gasteiger partial charge in [0.1, 0.15) is 17.5 Å². The fourth-order valence-electron chi connectivity index (χ4n) is 2.94. The summed E-state index contributed by atoms with van der Waals surface area (Å²) in [6.07, 6.45) is 3.75. The molecule has 1 aliphatic rings. The summed E-state index contributed by atoms with van der Waals surface area (Å²) in [5, 5.41) is 3.39. The molecule has 0 bridgehead atoms. The van der Waals surface area contributed by atoms with E-state index < -0.39 is 0 Å². The van der Waals surface area contributed by atoms with E-state index in [1.54, 1.807) is 0 Å². The molecule has 1 aromatic heterocycles. The van der Waals surface area contributed by atoms with Gasteiger partial charge in [-0.15, -0.1) is 0 Å². The minimum Gasteiger partial charge on any atom is -0.370 e. The van der Waals surface area contributed by atoms with Crippen molar-refractivity contribution in [3.8, 4) is 0 Å². The zero-order valence-corrected chi connectivity index (χ0v) is 13.5. The zero-order chi connectivity index (χ0) is 14.7. The van der Waals surface area contributed by atoms with E-state index in [1.165, 1.54) is 24.8 Å². The highest BCUT2D eigenvalue weighted by molar-refractivity contribution is 5.59. The highest BCUT2D eigenvalue weighted by Crippen LogP contribution is 2.32. The van der Waals surface area contributed by atoms with Gasteiger partial charge in [-0.05, 0) is 33.1 Å². The summed E-state index contributed by atoms with van der Waals surface area (Å²) in [5.41, 5.74) is 1.19. The normalized spacial score (nSPS) is 18.9. The van der Waals surface area contributed by atoms with Crippen LogP contribution in [0.25, 0.3) is 0 Å². The standard InChI is InChI=1S/C16H28N4/c1-6-13-9-8-10-20(13)16-12(5)15(17-7-2)18-14(19-16)11(3)4/h11,13H,6-10H2,1-5H3,(H,17,18,19). The van der Waals surface area contributed by atoms with Gasteiger partial charge in [0.05, 0.1) is 0 Å². The molecule has 20 heavy (non-hydrogen) atoms. The number of nitrogens with one attached hydrogen (secondary N) is 1. The van der Waals surface area contributed by atoms with Gasteiger partial charge in [-0.3, -0.25) is 0 Å². The molecule has 1 aliphatic heterocycles. The van der Waals surface area contributed by atoms with Crippen LogP contribution >= 0.6 is 0 Å². The molecule has 1 N–H and O–H groups in total. The van der Waals surface area contributed by atoms with Gasteiger partial charge in [-0.25, -0.2) is 9.97 Å². The van der Waals surface area contributed by atoms with Gasteiger partial charge >= 0.3 is 0 Å². The van der Waals surface area contributed by atoms with Crippen molar-refractivity contribution in [2.24, 2.45) is 0 Å². The number of hydrogen-bond donors (Lipinski definition) is 1. The first-order valence-corrected chi connectivity index (χ1v) is 7.97. The van der Waals surface area contributed by atoms with E-state index in [-0.39, 0.29) is 0 Å². The summed E-state index contributed by atoms with van der Waals surface area (Å²) in [4.78, 5) is 12.1. The lowest BCUT2D eigenvalue weighted by Gasteiger charge is -2.28. The van der Waals surface area contributed by atoms with Gasteiger partial charge in [0.25, 0.3) is 0 Å². The summed E-state index contributed by atoms with van der Waals surface area (Å²) in [5.74, 6) is 3.45. The molecule has 0 spiro atoms. The first-order valence-electron chi connectivity index (χ1n) is 7.97. The van der Waals surface area contributed by atoms with Crippen molar-refractivity contribution in [2.75, 3.05) is 23.3 Å². The minimum atomic E-state index is 0.356. The first kappa shape index (κ1) is 15.1. The van der Waals surface area contributed by atoms with Gasteiger partial charge in [-0.2, -0.15) is 0 Å². The molecule has 0 saturated carbocycles. The van der Waals surface area contributed by atoms with Gasteiger partial charge in [0.2, 0.25) is 0 Å². The van der Waals surface area contributed by atoms with Gasteiger partial charge in [-0.1, -0.05) is 20.8 Å². The summed E-state index contributed by atoms with van der Waals surface area (Å²) in [6, 6.07) is 0.637. The molecule has 2 rings (SSSR count).